The van der Waals surface area contributed by atoms with Crippen LogP contribution in [0.1, 0.15) is 245 Å². The second-order valence-corrected chi connectivity index (χ2v) is 17.4. The van der Waals surface area contributed by atoms with Gasteiger partial charge in [0.2, 0.25) is 0 Å². The van der Waals surface area contributed by atoms with Crippen LogP contribution >= 0.6 is 0 Å². The number of quaternary nitrogens is 1. The first-order valence-electron chi connectivity index (χ1n) is 22.2. The molecule has 0 rings (SSSR count). The van der Waals surface area contributed by atoms with E-state index in [4.69, 9.17) is 0 Å². The molecule has 1 N–H and O–H groups in total. The minimum atomic E-state index is -3.87. The molecule has 0 heterocycles. The molecule has 0 aliphatic heterocycles. The van der Waals surface area contributed by atoms with Crippen molar-refractivity contribution < 1.29 is 17.5 Å². The molecular weight excluding hydrogens is 611 g/mol. The molecule has 0 spiro atoms. The third-order valence-corrected chi connectivity index (χ3v) is 11.8. The Morgan fingerprint density at radius 3 is 0.708 bits per heavy atom. The summed E-state index contributed by atoms with van der Waals surface area (Å²) in [5, 5.41) is 0. The highest BCUT2D eigenvalue weighted by Gasteiger charge is 2.26. The van der Waals surface area contributed by atoms with Crippen molar-refractivity contribution >= 4 is 10.1 Å². The summed E-state index contributed by atoms with van der Waals surface area (Å²) in [7, 11) is -3.87. The van der Waals surface area contributed by atoms with Gasteiger partial charge in [0.1, 0.15) is 0 Å². The topological polar surface area (TPSA) is 54.4 Å². The highest BCUT2D eigenvalue weighted by Crippen LogP contribution is 2.21. The second kappa shape index (κ2) is 36.7. The number of hydrogen-bond acceptors (Lipinski definition) is 2. The van der Waals surface area contributed by atoms with Crippen LogP contribution in [0.2, 0.25) is 0 Å². The summed E-state index contributed by atoms with van der Waals surface area (Å²) in [5.41, 5.74) is 0. The molecule has 0 aromatic heterocycles. The molecule has 0 amide bonds. The lowest BCUT2D eigenvalue weighted by Crippen LogP contribution is -2.51. The Bertz CT molecular complexity index is 661. The molecule has 0 radical (unpaired) electrons. The zero-order valence-corrected chi connectivity index (χ0v) is 34.2. The Morgan fingerprint density at radius 1 is 0.312 bits per heavy atom. The summed E-state index contributed by atoms with van der Waals surface area (Å²) in [6.07, 6.45) is 47.1. The van der Waals surface area contributed by atoms with Gasteiger partial charge in [0.05, 0.1) is 31.9 Å². The average molecular weight is 701 g/mol. The smallest absolute Gasteiger partial charge is 0.264 e. The zero-order valence-electron chi connectivity index (χ0n) is 33.4. The maximum Gasteiger partial charge on any atom is 0.264 e. The van der Waals surface area contributed by atoms with Crippen LogP contribution in [-0.4, -0.2) is 49.4 Å². The lowest BCUT2D eigenvalue weighted by atomic mass is 10.0. The molecule has 0 aromatic rings. The Kier molecular flexibility index (Phi) is 36.6. The summed E-state index contributed by atoms with van der Waals surface area (Å²) in [4.78, 5) is 0. The molecule has 0 fully saturated rings. The molecule has 290 valence electrons. The Labute approximate surface area is 304 Å². The molecule has 0 aliphatic carbocycles. The first kappa shape index (κ1) is 47.9. The molecule has 0 aliphatic rings. The monoisotopic (exact) mass is 701 g/mol. The standard InChI is InChI=1S/C43H89NO3S/c1-4-7-10-13-16-19-22-25-28-31-34-39-44(42-37-38-43-48(45,46)47,40-35-32-29-26-23-20-17-14-11-8-5-2)41-36-33-30-27-24-21-18-15-12-9-6-3/h4-43H2,1-3H3/p+1. The van der Waals surface area contributed by atoms with E-state index in [1.54, 1.807) is 0 Å². The first-order chi connectivity index (χ1) is 23.4. The fourth-order valence-corrected chi connectivity index (χ4v) is 8.31. The normalized spacial score (nSPS) is 12.3. The zero-order chi connectivity index (χ0) is 35.3. The van der Waals surface area contributed by atoms with E-state index in [1.807, 2.05) is 0 Å². The molecule has 0 unspecified atom stereocenters. The summed E-state index contributed by atoms with van der Waals surface area (Å²) in [6.45, 7) is 11.8. The van der Waals surface area contributed by atoms with Crippen LogP contribution in [0.4, 0.5) is 0 Å². The van der Waals surface area contributed by atoms with Gasteiger partial charge in [-0.1, -0.05) is 194 Å². The quantitative estimate of drug-likeness (QED) is 0.0392. The van der Waals surface area contributed by atoms with E-state index in [9.17, 15) is 13.0 Å². The van der Waals surface area contributed by atoms with Crippen LogP contribution in [0, 0.1) is 0 Å². The third kappa shape index (κ3) is 35.7. The van der Waals surface area contributed by atoms with Crippen LogP contribution < -0.4 is 0 Å². The average Bonchev–Trinajstić information content (AvgIpc) is 3.06. The molecule has 0 atom stereocenters. The van der Waals surface area contributed by atoms with Crippen molar-refractivity contribution in [1.29, 1.82) is 0 Å². The SMILES string of the molecule is CCCCCCCCCCCCC[N+](CCCCCCCCCCCCC)(CCCCCCCCCCCCC)CCCCS(=O)(=O)O. The van der Waals surface area contributed by atoms with Gasteiger partial charge in [0, 0.05) is 0 Å². The van der Waals surface area contributed by atoms with Crippen LogP contribution in [0.25, 0.3) is 0 Å². The number of nitrogens with zero attached hydrogens (tertiary/aromatic N) is 1. The van der Waals surface area contributed by atoms with Gasteiger partial charge >= 0.3 is 0 Å². The molecule has 4 nitrogen and oxygen atoms in total. The minimum Gasteiger partial charge on any atom is -0.324 e. The highest BCUT2D eigenvalue weighted by molar-refractivity contribution is 7.85. The predicted octanol–water partition coefficient (Wildman–Crippen LogP) is 14.4. The summed E-state index contributed by atoms with van der Waals surface area (Å²) >= 11 is 0. The van der Waals surface area contributed by atoms with E-state index in [2.05, 4.69) is 20.8 Å². The minimum absolute atomic E-state index is 0.0810. The van der Waals surface area contributed by atoms with Gasteiger partial charge in [-0.15, -0.1) is 0 Å². The maximum atomic E-state index is 11.5. The van der Waals surface area contributed by atoms with E-state index >= 15 is 0 Å². The number of unbranched alkanes of at least 4 members (excludes halogenated alkanes) is 31. The van der Waals surface area contributed by atoms with Crippen LogP contribution in [0.5, 0.6) is 0 Å². The van der Waals surface area contributed by atoms with Crippen molar-refractivity contribution in [3.05, 3.63) is 0 Å². The van der Waals surface area contributed by atoms with Crippen LogP contribution in [0.3, 0.4) is 0 Å². The van der Waals surface area contributed by atoms with E-state index in [1.165, 1.54) is 236 Å². The molecule has 5 heteroatoms. The van der Waals surface area contributed by atoms with Gasteiger partial charge < -0.3 is 4.48 Å². The molecule has 0 saturated heterocycles. The van der Waals surface area contributed by atoms with E-state index in [0.717, 1.165) is 13.0 Å². The molecule has 0 saturated carbocycles. The van der Waals surface area contributed by atoms with Gasteiger partial charge in [0.15, 0.2) is 0 Å². The van der Waals surface area contributed by atoms with Gasteiger partial charge in [-0.3, -0.25) is 4.55 Å². The van der Waals surface area contributed by atoms with Crippen molar-refractivity contribution in [2.24, 2.45) is 0 Å². The van der Waals surface area contributed by atoms with Gasteiger partial charge in [-0.05, 0) is 51.4 Å². The number of hydrogen-bond donors (Lipinski definition) is 1. The van der Waals surface area contributed by atoms with Crippen molar-refractivity contribution in [1.82, 2.24) is 0 Å². The van der Waals surface area contributed by atoms with Crippen LogP contribution in [0.15, 0.2) is 0 Å². The van der Waals surface area contributed by atoms with Crippen molar-refractivity contribution in [2.45, 2.75) is 245 Å². The molecular formula is C43H90NO3S+. The molecule has 0 aromatic carbocycles. The van der Waals surface area contributed by atoms with E-state index in [-0.39, 0.29) is 5.75 Å². The molecule has 48 heavy (non-hydrogen) atoms. The van der Waals surface area contributed by atoms with Crippen LogP contribution in [-0.2, 0) is 10.1 Å². The predicted molar refractivity (Wildman–Crippen MR) is 215 cm³/mol. The largest absolute Gasteiger partial charge is 0.324 e. The first-order valence-corrected chi connectivity index (χ1v) is 23.8. The fourth-order valence-electron chi connectivity index (χ4n) is 7.74. The Balaban J connectivity index is 4.83. The molecule has 0 bridgehead atoms. The van der Waals surface area contributed by atoms with E-state index < -0.39 is 10.1 Å². The van der Waals surface area contributed by atoms with Crippen molar-refractivity contribution in [2.75, 3.05) is 31.9 Å². The maximum absolute atomic E-state index is 11.5. The fraction of sp³-hybridized carbons (Fsp3) is 1.00. The second-order valence-electron chi connectivity index (χ2n) is 15.8. The Morgan fingerprint density at radius 2 is 0.500 bits per heavy atom. The lowest BCUT2D eigenvalue weighted by molar-refractivity contribution is -0.929. The summed E-state index contributed by atoms with van der Waals surface area (Å²) in [6, 6.07) is 0. The highest BCUT2D eigenvalue weighted by atomic mass is 32.2. The summed E-state index contributed by atoms with van der Waals surface area (Å²) in [5.74, 6) is -0.0810. The lowest BCUT2D eigenvalue weighted by Gasteiger charge is -2.39. The third-order valence-electron chi connectivity index (χ3n) is 11.0. The van der Waals surface area contributed by atoms with Crippen molar-refractivity contribution in [3.63, 3.8) is 0 Å². The van der Waals surface area contributed by atoms with Crippen molar-refractivity contribution in [3.8, 4) is 0 Å². The Hall–Kier alpha value is -0.130. The summed E-state index contributed by atoms with van der Waals surface area (Å²) < 4.78 is 33.5. The van der Waals surface area contributed by atoms with E-state index in [0.29, 0.717) is 6.42 Å². The van der Waals surface area contributed by atoms with Gasteiger partial charge in [-0.2, -0.15) is 8.42 Å². The van der Waals surface area contributed by atoms with Gasteiger partial charge in [0.25, 0.3) is 10.1 Å². The van der Waals surface area contributed by atoms with Gasteiger partial charge in [-0.25, -0.2) is 0 Å². The number of rotatable bonds is 41.